The van der Waals surface area contributed by atoms with Gasteiger partial charge in [0.25, 0.3) is 0 Å². The number of hydrogen-bond donors (Lipinski definition) is 0. The van der Waals surface area contributed by atoms with Crippen molar-refractivity contribution in [2.24, 2.45) is 0 Å². The van der Waals surface area contributed by atoms with Gasteiger partial charge in [0.2, 0.25) is 5.88 Å². The molecule has 0 radical (unpaired) electrons. The predicted octanol–water partition coefficient (Wildman–Crippen LogP) is 4.98. The lowest BCUT2D eigenvalue weighted by Gasteiger charge is -2.32. The number of fused-ring (bicyclic) bond motifs is 5. The van der Waals surface area contributed by atoms with Crippen LogP contribution in [0.15, 0.2) is 36.7 Å². The molecular formula is C22H21N3O2S. The Morgan fingerprint density at radius 2 is 1.96 bits per heavy atom. The topological polar surface area (TPSA) is 57.1 Å². The first-order chi connectivity index (χ1) is 13.5. The fourth-order valence-electron chi connectivity index (χ4n) is 3.78. The van der Waals surface area contributed by atoms with Crippen molar-refractivity contribution in [1.82, 2.24) is 15.0 Å². The maximum Gasteiger partial charge on any atom is 0.235 e. The van der Waals surface area contributed by atoms with Crippen molar-refractivity contribution in [3.05, 3.63) is 59.0 Å². The molecule has 0 saturated heterocycles. The Bertz CT molecular complexity index is 1190. The number of hydrogen-bond acceptors (Lipinski definition) is 6. The summed E-state index contributed by atoms with van der Waals surface area (Å²) in [6, 6.07) is 10.1. The molecule has 0 bridgehead atoms. The molecule has 0 aliphatic carbocycles. The van der Waals surface area contributed by atoms with Crippen LogP contribution in [0.2, 0.25) is 0 Å². The maximum absolute atomic E-state index is 6.06. The molecule has 4 aromatic rings. The minimum atomic E-state index is -0.193. The van der Waals surface area contributed by atoms with Crippen molar-refractivity contribution in [1.29, 1.82) is 0 Å². The van der Waals surface area contributed by atoms with Crippen molar-refractivity contribution in [3.8, 4) is 5.88 Å². The van der Waals surface area contributed by atoms with Gasteiger partial charge in [0.05, 0.1) is 17.7 Å². The van der Waals surface area contributed by atoms with Gasteiger partial charge in [0.15, 0.2) is 0 Å². The summed E-state index contributed by atoms with van der Waals surface area (Å²) in [5.41, 5.74) is 5.38. The van der Waals surface area contributed by atoms with Crippen LogP contribution in [0.1, 0.15) is 36.2 Å². The van der Waals surface area contributed by atoms with Crippen molar-refractivity contribution in [2.45, 2.75) is 46.0 Å². The van der Waals surface area contributed by atoms with Crippen LogP contribution in [0.4, 0.5) is 0 Å². The quantitative estimate of drug-likeness (QED) is 0.493. The number of rotatable bonds is 3. The fraction of sp³-hybridized carbons (Fsp3) is 0.318. The van der Waals surface area contributed by atoms with Crippen LogP contribution in [0.5, 0.6) is 5.88 Å². The van der Waals surface area contributed by atoms with Gasteiger partial charge in [-0.3, -0.25) is 0 Å². The number of aromatic nitrogens is 3. The van der Waals surface area contributed by atoms with Gasteiger partial charge >= 0.3 is 0 Å². The summed E-state index contributed by atoms with van der Waals surface area (Å²) in [6.07, 6.45) is 2.43. The molecule has 0 saturated carbocycles. The van der Waals surface area contributed by atoms with Gasteiger partial charge in [-0.05, 0) is 31.9 Å². The van der Waals surface area contributed by atoms with E-state index >= 15 is 0 Å². The maximum atomic E-state index is 6.06. The normalized spacial score (nSPS) is 15.7. The molecule has 0 fully saturated rings. The number of pyridine rings is 1. The largest absolute Gasteiger partial charge is 0.472 e. The van der Waals surface area contributed by atoms with Gasteiger partial charge in [-0.2, -0.15) is 0 Å². The molecule has 0 N–H and O–H groups in total. The second kappa shape index (κ2) is 6.50. The summed E-state index contributed by atoms with van der Waals surface area (Å²) in [7, 11) is 0. The Labute approximate surface area is 167 Å². The number of aryl methyl sites for hydroxylation is 1. The van der Waals surface area contributed by atoms with E-state index in [2.05, 4.69) is 30.7 Å². The number of nitrogens with zero attached hydrogens (tertiary/aromatic N) is 3. The van der Waals surface area contributed by atoms with E-state index in [0.717, 1.165) is 38.1 Å². The highest BCUT2D eigenvalue weighted by Gasteiger charge is 2.31. The molecule has 0 amide bonds. The third kappa shape index (κ3) is 2.93. The summed E-state index contributed by atoms with van der Waals surface area (Å²) < 4.78 is 13.0. The van der Waals surface area contributed by atoms with E-state index in [1.807, 2.05) is 30.3 Å². The number of thiophene rings is 1. The summed E-state index contributed by atoms with van der Waals surface area (Å²) in [5.74, 6) is 0.620. The summed E-state index contributed by atoms with van der Waals surface area (Å²) in [4.78, 5) is 14.9. The van der Waals surface area contributed by atoms with Gasteiger partial charge < -0.3 is 9.47 Å². The molecular weight excluding hydrogens is 370 g/mol. The summed E-state index contributed by atoms with van der Waals surface area (Å²) >= 11 is 1.61. The molecule has 1 aliphatic rings. The molecule has 5 rings (SSSR count). The van der Waals surface area contributed by atoms with Crippen LogP contribution in [-0.4, -0.2) is 20.6 Å². The highest BCUT2D eigenvalue weighted by atomic mass is 32.1. The minimum absolute atomic E-state index is 0.193. The lowest BCUT2D eigenvalue weighted by molar-refractivity contribution is -0.0400. The third-order valence-corrected chi connectivity index (χ3v) is 6.28. The third-order valence-electron chi connectivity index (χ3n) is 5.22. The fourth-order valence-corrected chi connectivity index (χ4v) is 4.92. The molecule has 0 unspecified atom stereocenters. The van der Waals surface area contributed by atoms with Gasteiger partial charge in [0, 0.05) is 23.1 Å². The van der Waals surface area contributed by atoms with Crippen LogP contribution < -0.4 is 4.74 Å². The molecule has 1 aliphatic heterocycles. The van der Waals surface area contributed by atoms with E-state index in [-0.39, 0.29) is 5.60 Å². The zero-order valence-electron chi connectivity index (χ0n) is 16.2. The van der Waals surface area contributed by atoms with Crippen LogP contribution in [0, 0.1) is 6.92 Å². The minimum Gasteiger partial charge on any atom is -0.472 e. The molecule has 28 heavy (non-hydrogen) atoms. The average Bonchev–Trinajstić information content (AvgIpc) is 3.05. The van der Waals surface area contributed by atoms with Gasteiger partial charge in [0.1, 0.15) is 22.5 Å². The summed E-state index contributed by atoms with van der Waals surface area (Å²) in [5, 5.41) is 1.13. The van der Waals surface area contributed by atoms with Crippen LogP contribution in [-0.2, 0) is 24.4 Å². The number of ether oxygens (including phenoxy) is 2. The van der Waals surface area contributed by atoms with Gasteiger partial charge in [-0.1, -0.05) is 30.3 Å². The average molecular weight is 391 g/mol. The van der Waals surface area contributed by atoms with Crippen LogP contribution in [0.25, 0.3) is 20.4 Å². The van der Waals surface area contributed by atoms with E-state index in [9.17, 15) is 0 Å². The first-order valence-electron chi connectivity index (χ1n) is 9.38. The lowest BCUT2D eigenvalue weighted by atomic mass is 9.89. The molecule has 6 heteroatoms. The standard InChI is InChI=1S/C22H21N3O2S/c1-13-16-11-27-22(2,3)9-15(16)17-18-19(28-21(17)25-13)20(24-12-23-18)26-10-14-7-5-4-6-8-14/h4-8,12H,9-11H2,1-3H3. The lowest BCUT2D eigenvalue weighted by Crippen LogP contribution is -2.32. The Morgan fingerprint density at radius 3 is 2.79 bits per heavy atom. The van der Waals surface area contributed by atoms with E-state index in [0.29, 0.717) is 19.1 Å². The molecule has 0 atom stereocenters. The van der Waals surface area contributed by atoms with E-state index in [1.165, 1.54) is 11.1 Å². The van der Waals surface area contributed by atoms with Crippen LogP contribution in [0.3, 0.4) is 0 Å². The first kappa shape index (κ1) is 17.5. The molecule has 3 aromatic heterocycles. The first-order valence-corrected chi connectivity index (χ1v) is 10.2. The Morgan fingerprint density at radius 1 is 1.14 bits per heavy atom. The molecule has 0 spiro atoms. The smallest absolute Gasteiger partial charge is 0.235 e. The Balaban J connectivity index is 1.65. The second-order valence-corrected chi connectivity index (χ2v) is 8.79. The van der Waals surface area contributed by atoms with Gasteiger partial charge in [-0.25, -0.2) is 15.0 Å². The van der Waals surface area contributed by atoms with Gasteiger partial charge in [-0.15, -0.1) is 11.3 Å². The van der Waals surface area contributed by atoms with E-state index < -0.39 is 0 Å². The van der Waals surface area contributed by atoms with E-state index in [4.69, 9.17) is 14.5 Å². The monoisotopic (exact) mass is 391 g/mol. The zero-order valence-corrected chi connectivity index (χ0v) is 17.0. The SMILES string of the molecule is Cc1nc2sc3c(OCc4ccccc4)ncnc3c2c2c1COC(C)(C)C2. The van der Waals surface area contributed by atoms with Crippen molar-refractivity contribution in [3.63, 3.8) is 0 Å². The van der Waals surface area contributed by atoms with Crippen molar-refractivity contribution in [2.75, 3.05) is 0 Å². The highest BCUT2D eigenvalue weighted by molar-refractivity contribution is 7.25. The number of benzene rings is 1. The highest BCUT2D eigenvalue weighted by Crippen LogP contribution is 2.42. The van der Waals surface area contributed by atoms with Crippen molar-refractivity contribution < 1.29 is 9.47 Å². The predicted molar refractivity (Wildman–Crippen MR) is 111 cm³/mol. The molecule has 4 heterocycles. The molecule has 1 aromatic carbocycles. The van der Waals surface area contributed by atoms with Crippen molar-refractivity contribution >= 4 is 31.8 Å². The van der Waals surface area contributed by atoms with E-state index in [1.54, 1.807) is 17.7 Å². The molecule has 142 valence electrons. The Kier molecular flexibility index (Phi) is 4.07. The summed E-state index contributed by atoms with van der Waals surface area (Å²) in [6.45, 7) is 7.40. The second-order valence-electron chi connectivity index (χ2n) is 7.79. The zero-order chi connectivity index (χ0) is 19.3. The molecule has 5 nitrogen and oxygen atoms in total. The van der Waals surface area contributed by atoms with Crippen LogP contribution >= 0.6 is 11.3 Å². The Hall–Kier alpha value is -2.57.